The van der Waals surface area contributed by atoms with Gasteiger partial charge in [-0.15, -0.1) is 0 Å². The van der Waals surface area contributed by atoms with Crippen molar-refractivity contribution < 1.29 is 14.2 Å². The molecule has 1 aliphatic heterocycles. The lowest BCUT2D eigenvalue weighted by Crippen LogP contribution is -2.41. The van der Waals surface area contributed by atoms with Crippen LogP contribution in [0.5, 0.6) is 5.75 Å². The van der Waals surface area contributed by atoms with Crippen LogP contribution < -0.4 is 15.8 Å². The first kappa shape index (κ1) is 21.8. The zero-order valence-electron chi connectivity index (χ0n) is 16.7. The first-order valence-electron chi connectivity index (χ1n) is 9.84. The summed E-state index contributed by atoms with van der Waals surface area (Å²) >= 11 is 12.3. The Morgan fingerprint density at radius 2 is 2.13 bits per heavy atom. The highest BCUT2D eigenvalue weighted by Gasteiger charge is 2.25. The molecule has 2 aromatic heterocycles. The normalized spacial score (nSPS) is 19.9. The molecule has 3 atom stereocenters. The van der Waals surface area contributed by atoms with Crippen molar-refractivity contribution in [1.29, 1.82) is 0 Å². The molecule has 1 saturated heterocycles. The first-order chi connectivity index (χ1) is 14.8. The molecule has 1 unspecified atom stereocenters. The number of nitrogen functional groups attached to an aromatic ring is 1. The summed E-state index contributed by atoms with van der Waals surface area (Å²) < 4.78 is 21.6. The number of nitrogens with one attached hydrogen (secondary N) is 1. The van der Waals surface area contributed by atoms with E-state index in [1.54, 1.807) is 30.1 Å². The summed E-state index contributed by atoms with van der Waals surface area (Å²) in [5.41, 5.74) is 7.86. The molecule has 0 bridgehead atoms. The molecule has 0 aliphatic carbocycles. The Morgan fingerprint density at radius 1 is 1.32 bits per heavy atom. The molecule has 0 spiro atoms. The van der Waals surface area contributed by atoms with Crippen LogP contribution >= 0.6 is 23.2 Å². The van der Waals surface area contributed by atoms with E-state index in [-0.39, 0.29) is 16.9 Å². The molecule has 4 N–H and O–H groups in total. The Balaban J connectivity index is 1.59. The van der Waals surface area contributed by atoms with Crippen molar-refractivity contribution in [2.75, 3.05) is 18.8 Å². The fraction of sp³-hybridized carbons (Fsp3) is 0.333. The van der Waals surface area contributed by atoms with Crippen LogP contribution in [0.4, 0.5) is 10.2 Å². The third-order valence-electron chi connectivity index (χ3n) is 5.36. The van der Waals surface area contributed by atoms with E-state index in [1.807, 2.05) is 6.20 Å². The minimum atomic E-state index is -0.666. The minimum Gasteiger partial charge on any atom is -0.482 e. The summed E-state index contributed by atoms with van der Waals surface area (Å²) in [6.07, 6.45) is 4.71. The van der Waals surface area contributed by atoms with Gasteiger partial charge >= 0.3 is 0 Å². The monoisotopic (exact) mass is 465 g/mol. The van der Waals surface area contributed by atoms with Crippen LogP contribution in [0.2, 0.25) is 10.0 Å². The van der Waals surface area contributed by atoms with Crippen LogP contribution in [-0.4, -0.2) is 39.1 Å². The zero-order valence-corrected chi connectivity index (χ0v) is 18.2. The van der Waals surface area contributed by atoms with Crippen molar-refractivity contribution in [1.82, 2.24) is 20.1 Å². The Hall–Kier alpha value is -2.39. The number of benzene rings is 1. The number of nitrogens with two attached hydrogens (primary N) is 1. The Labute approximate surface area is 188 Å². The quantitative estimate of drug-likeness (QED) is 0.492. The zero-order chi connectivity index (χ0) is 22.1. The number of piperidine rings is 1. The number of hydrogen-bond acceptors (Lipinski definition) is 6. The highest BCUT2D eigenvalue weighted by atomic mass is 35.5. The SMILES string of the molecule is C[C@@H](Oc1cc(-c2cnn(C3CNCC[C@@H]3O)c2)cnc1N)c1c(Cl)ccc(F)c1Cl. The van der Waals surface area contributed by atoms with Crippen molar-refractivity contribution in [2.45, 2.75) is 31.6 Å². The summed E-state index contributed by atoms with van der Waals surface area (Å²) in [5.74, 6) is -0.0878. The topological polar surface area (TPSA) is 98.2 Å². The number of aliphatic hydroxyl groups is 1. The van der Waals surface area contributed by atoms with E-state index in [9.17, 15) is 9.50 Å². The third-order valence-corrected chi connectivity index (χ3v) is 6.07. The number of ether oxygens (including phenoxy) is 1. The molecule has 4 rings (SSSR count). The van der Waals surface area contributed by atoms with Crippen LogP contribution in [0, 0.1) is 5.82 Å². The van der Waals surface area contributed by atoms with Crippen LogP contribution in [0.15, 0.2) is 36.8 Å². The van der Waals surface area contributed by atoms with Gasteiger partial charge in [-0.05, 0) is 38.1 Å². The Morgan fingerprint density at radius 3 is 2.90 bits per heavy atom. The fourth-order valence-electron chi connectivity index (χ4n) is 3.64. The molecule has 7 nitrogen and oxygen atoms in total. The second-order valence-electron chi connectivity index (χ2n) is 7.46. The number of aliphatic hydroxyl groups excluding tert-OH is 1. The van der Waals surface area contributed by atoms with Gasteiger partial charge in [0.25, 0.3) is 0 Å². The molecule has 31 heavy (non-hydrogen) atoms. The number of aromatic nitrogens is 3. The summed E-state index contributed by atoms with van der Waals surface area (Å²) in [7, 11) is 0. The van der Waals surface area contributed by atoms with Gasteiger partial charge in [-0.3, -0.25) is 4.68 Å². The summed E-state index contributed by atoms with van der Waals surface area (Å²) in [4.78, 5) is 4.22. The molecule has 3 aromatic rings. The van der Waals surface area contributed by atoms with Crippen LogP contribution in [0.3, 0.4) is 0 Å². The number of hydrogen-bond donors (Lipinski definition) is 3. The lowest BCUT2D eigenvalue weighted by Gasteiger charge is -2.28. The predicted octanol–water partition coefficient (Wildman–Crippen LogP) is 4.01. The number of anilines is 1. The van der Waals surface area contributed by atoms with Crippen molar-refractivity contribution in [2.24, 2.45) is 0 Å². The molecule has 0 amide bonds. The van der Waals surface area contributed by atoms with Crippen molar-refractivity contribution in [3.8, 4) is 16.9 Å². The summed E-state index contributed by atoms with van der Waals surface area (Å²) in [6, 6.07) is 4.22. The maximum Gasteiger partial charge on any atom is 0.166 e. The molecule has 164 valence electrons. The average molecular weight is 466 g/mol. The number of nitrogens with zero attached hydrogens (tertiary/aromatic N) is 3. The maximum absolute atomic E-state index is 13.9. The van der Waals surface area contributed by atoms with E-state index in [0.29, 0.717) is 29.3 Å². The van der Waals surface area contributed by atoms with Crippen molar-refractivity contribution >= 4 is 29.0 Å². The van der Waals surface area contributed by atoms with E-state index in [1.165, 1.54) is 12.1 Å². The molecule has 1 aliphatic rings. The maximum atomic E-state index is 13.9. The second kappa shape index (κ2) is 9.00. The first-order valence-corrected chi connectivity index (χ1v) is 10.6. The lowest BCUT2D eigenvalue weighted by molar-refractivity contribution is 0.0783. The van der Waals surface area contributed by atoms with Crippen LogP contribution in [-0.2, 0) is 0 Å². The van der Waals surface area contributed by atoms with E-state index < -0.39 is 18.0 Å². The van der Waals surface area contributed by atoms with E-state index in [2.05, 4.69) is 15.4 Å². The number of pyridine rings is 1. The lowest BCUT2D eigenvalue weighted by atomic mass is 10.0. The molecule has 3 heterocycles. The van der Waals surface area contributed by atoms with Gasteiger partial charge in [0.2, 0.25) is 0 Å². The summed E-state index contributed by atoms with van der Waals surface area (Å²) in [5, 5.41) is 18.1. The van der Waals surface area contributed by atoms with Gasteiger partial charge in [-0.25, -0.2) is 9.37 Å². The van der Waals surface area contributed by atoms with E-state index >= 15 is 0 Å². The molecular formula is C21H22Cl2FN5O2. The van der Waals surface area contributed by atoms with Crippen LogP contribution in [0.25, 0.3) is 11.1 Å². The van der Waals surface area contributed by atoms with Gasteiger partial charge in [0.15, 0.2) is 11.6 Å². The van der Waals surface area contributed by atoms with Gasteiger partial charge in [0, 0.05) is 40.7 Å². The molecular weight excluding hydrogens is 444 g/mol. The van der Waals surface area contributed by atoms with E-state index in [0.717, 1.165) is 17.7 Å². The average Bonchev–Trinajstić information content (AvgIpc) is 3.23. The molecule has 0 radical (unpaired) electrons. The van der Waals surface area contributed by atoms with Crippen molar-refractivity contribution in [3.63, 3.8) is 0 Å². The van der Waals surface area contributed by atoms with Gasteiger partial charge in [0.1, 0.15) is 11.9 Å². The van der Waals surface area contributed by atoms with Crippen molar-refractivity contribution in [3.05, 3.63) is 58.2 Å². The number of rotatable bonds is 5. The van der Waals surface area contributed by atoms with Gasteiger partial charge in [-0.1, -0.05) is 23.2 Å². The molecule has 1 aromatic carbocycles. The summed E-state index contributed by atoms with van der Waals surface area (Å²) in [6.45, 7) is 3.13. The third kappa shape index (κ3) is 4.48. The van der Waals surface area contributed by atoms with E-state index in [4.69, 9.17) is 33.7 Å². The molecule has 0 saturated carbocycles. The molecule has 10 heteroatoms. The molecule has 1 fully saturated rings. The van der Waals surface area contributed by atoms with Gasteiger partial charge in [-0.2, -0.15) is 5.10 Å². The minimum absolute atomic E-state index is 0.0939. The Kier molecular flexibility index (Phi) is 6.34. The smallest absolute Gasteiger partial charge is 0.166 e. The predicted molar refractivity (Wildman–Crippen MR) is 118 cm³/mol. The largest absolute Gasteiger partial charge is 0.482 e. The fourth-order valence-corrected chi connectivity index (χ4v) is 4.32. The standard InChI is InChI=1S/C21H22Cl2FN5O2/c1-11(19-14(22)2-3-15(24)20(19)23)31-18-6-12(7-27-21(18)25)13-8-28-29(10-13)16-9-26-5-4-17(16)30/h2-3,6-8,10-11,16-17,26,30H,4-5,9H2,1H3,(H2,25,27)/t11-,16?,17+/m1/s1. The Bertz CT molecular complexity index is 1090. The van der Waals surface area contributed by atoms with Gasteiger partial charge in [0.05, 0.1) is 23.4 Å². The highest BCUT2D eigenvalue weighted by Crippen LogP contribution is 2.37. The second-order valence-corrected chi connectivity index (χ2v) is 8.25. The highest BCUT2D eigenvalue weighted by molar-refractivity contribution is 6.36. The van der Waals surface area contributed by atoms with Gasteiger partial charge < -0.3 is 20.9 Å². The van der Waals surface area contributed by atoms with Crippen LogP contribution in [0.1, 0.15) is 31.1 Å². The number of halogens is 3.